The molecular weight excluding hydrogens is 240 g/mol. The van der Waals surface area contributed by atoms with Crippen LogP contribution in [0.4, 0.5) is 0 Å². The van der Waals surface area contributed by atoms with E-state index in [1.807, 2.05) is 6.07 Å². The van der Waals surface area contributed by atoms with Crippen molar-refractivity contribution in [2.45, 2.75) is 43.8 Å². The van der Waals surface area contributed by atoms with Crippen LogP contribution >= 0.6 is 0 Å². The Labute approximate surface area is 115 Å². The fraction of sp³-hybridized carbons (Fsp3) is 0.625. The number of hydrogen-bond donors (Lipinski definition) is 1. The van der Waals surface area contributed by atoms with E-state index in [1.54, 1.807) is 7.11 Å². The SMILES string of the molecule is COCCCOC1CC(c2ccccc2)CCC1O. The van der Waals surface area contributed by atoms with Crippen LogP contribution in [0.1, 0.15) is 37.2 Å². The third-order valence-electron chi connectivity index (χ3n) is 3.85. The summed E-state index contributed by atoms with van der Waals surface area (Å²) in [4.78, 5) is 0. The highest BCUT2D eigenvalue weighted by atomic mass is 16.5. The molecule has 0 aromatic heterocycles. The van der Waals surface area contributed by atoms with Gasteiger partial charge >= 0.3 is 0 Å². The molecule has 3 heteroatoms. The van der Waals surface area contributed by atoms with Crippen molar-refractivity contribution in [3.63, 3.8) is 0 Å². The van der Waals surface area contributed by atoms with E-state index in [2.05, 4.69) is 24.3 Å². The number of aliphatic hydroxyl groups is 1. The topological polar surface area (TPSA) is 38.7 Å². The van der Waals surface area contributed by atoms with Crippen LogP contribution in [0.15, 0.2) is 30.3 Å². The smallest absolute Gasteiger partial charge is 0.0839 e. The molecule has 3 unspecified atom stereocenters. The fourth-order valence-corrected chi connectivity index (χ4v) is 2.76. The zero-order chi connectivity index (χ0) is 13.5. The van der Waals surface area contributed by atoms with Crippen LogP contribution in [0.2, 0.25) is 0 Å². The summed E-state index contributed by atoms with van der Waals surface area (Å²) in [6.45, 7) is 1.38. The summed E-state index contributed by atoms with van der Waals surface area (Å²) in [5.41, 5.74) is 1.36. The molecule has 0 radical (unpaired) electrons. The second-order valence-corrected chi connectivity index (χ2v) is 5.24. The van der Waals surface area contributed by atoms with E-state index in [1.165, 1.54) is 5.56 Å². The van der Waals surface area contributed by atoms with Gasteiger partial charge in [-0.15, -0.1) is 0 Å². The molecular formula is C16H24O3. The number of ether oxygens (including phenoxy) is 2. The maximum Gasteiger partial charge on any atom is 0.0839 e. The van der Waals surface area contributed by atoms with Crippen LogP contribution in [-0.2, 0) is 9.47 Å². The van der Waals surface area contributed by atoms with Gasteiger partial charge in [0.25, 0.3) is 0 Å². The molecule has 0 bridgehead atoms. The van der Waals surface area contributed by atoms with Gasteiger partial charge in [-0.25, -0.2) is 0 Å². The van der Waals surface area contributed by atoms with Gasteiger partial charge in [-0.05, 0) is 37.2 Å². The third kappa shape index (κ3) is 4.30. The second kappa shape index (κ2) is 7.63. The zero-order valence-electron chi connectivity index (χ0n) is 11.6. The van der Waals surface area contributed by atoms with Gasteiger partial charge in [0.2, 0.25) is 0 Å². The molecule has 1 aliphatic rings. The van der Waals surface area contributed by atoms with Crippen LogP contribution in [0.3, 0.4) is 0 Å². The van der Waals surface area contributed by atoms with Crippen molar-refractivity contribution in [1.29, 1.82) is 0 Å². The molecule has 106 valence electrons. The lowest BCUT2D eigenvalue weighted by Gasteiger charge is -2.33. The normalized spacial score (nSPS) is 27.4. The Morgan fingerprint density at radius 3 is 2.68 bits per heavy atom. The highest BCUT2D eigenvalue weighted by Gasteiger charge is 2.30. The molecule has 1 fully saturated rings. The first-order valence-corrected chi connectivity index (χ1v) is 7.15. The van der Waals surface area contributed by atoms with Crippen LogP contribution in [0.25, 0.3) is 0 Å². The van der Waals surface area contributed by atoms with Crippen molar-refractivity contribution in [3.05, 3.63) is 35.9 Å². The van der Waals surface area contributed by atoms with Crippen molar-refractivity contribution in [2.24, 2.45) is 0 Å². The van der Waals surface area contributed by atoms with Crippen molar-refractivity contribution < 1.29 is 14.6 Å². The summed E-state index contributed by atoms with van der Waals surface area (Å²) < 4.78 is 10.8. The summed E-state index contributed by atoms with van der Waals surface area (Å²) in [7, 11) is 1.70. The molecule has 1 N–H and O–H groups in total. The lowest BCUT2D eigenvalue weighted by molar-refractivity contribution is -0.0666. The van der Waals surface area contributed by atoms with E-state index in [-0.39, 0.29) is 12.2 Å². The molecule has 1 aromatic rings. The molecule has 1 aromatic carbocycles. The van der Waals surface area contributed by atoms with Gasteiger partial charge < -0.3 is 14.6 Å². The molecule has 2 rings (SSSR count). The molecule has 19 heavy (non-hydrogen) atoms. The predicted octanol–water partition coefficient (Wildman–Crippen LogP) is 2.74. The molecule has 1 aliphatic carbocycles. The lowest BCUT2D eigenvalue weighted by Crippen LogP contribution is -2.35. The standard InChI is InChI=1S/C16H24O3/c1-18-10-5-11-19-16-12-14(8-9-15(16)17)13-6-3-2-4-7-13/h2-4,6-7,14-17H,5,8-12H2,1H3. The minimum atomic E-state index is -0.317. The highest BCUT2D eigenvalue weighted by Crippen LogP contribution is 2.34. The molecule has 0 saturated heterocycles. The van der Waals surface area contributed by atoms with Crippen LogP contribution in [-0.4, -0.2) is 37.6 Å². The monoisotopic (exact) mass is 264 g/mol. The Kier molecular flexibility index (Phi) is 5.83. The van der Waals surface area contributed by atoms with Crippen molar-refractivity contribution >= 4 is 0 Å². The van der Waals surface area contributed by atoms with Crippen molar-refractivity contribution in [1.82, 2.24) is 0 Å². The number of benzene rings is 1. The summed E-state index contributed by atoms with van der Waals surface area (Å²) in [5.74, 6) is 0.511. The van der Waals surface area contributed by atoms with E-state index in [9.17, 15) is 5.11 Å². The van der Waals surface area contributed by atoms with Gasteiger partial charge in [0.05, 0.1) is 12.2 Å². The Hall–Kier alpha value is -0.900. The van der Waals surface area contributed by atoms with Crippen LogP contribution < -0.4 is 0 Å². The zero-order valence-corrected chi connectivity index (χ0v) is 11.6. The van der Waals surface area contributed by atoms with E-state index >= 15 is 0 Å². The molecule has 0 aliphatic heterocycles. The number of aliphatic hydroxyl groups excluding tert-OH is 1. The van der Waals surface area contributed by atoms with Gasteiger partial charge in [-0.2, -0.15) is 0 Å². The Bertz CT molecular complexity index is 352. The first-order valence-electron chi connectivity index (χ1n) is 7.15. The summed E-state index contributed by atoms with van der Waals surface area (Å²) in [6, 6.07) is 10.5. The molecule has 1 saturated carbocycles. The minimum absolute atomic E-state index is 0.0317. The third-order valence-corrected chi connectivity index (χ3v) is 3.85. The Balaban J connectivity index is 1.85. The first-order chi connectivity index (χ1) is 9.31. The highest BCUT2D eigenvalue weighted by molar-refractivity contribution is 5.20. The summed E-state index contributed by atoms with van der Waals surface area (Å²) in [6.07, 6.45) is 3.32. The average molecular weight is 264 g/mol. The molecule has 0 amide bonds. The van der Waals surface area contributed by atoms with Gasteiger partial charge in [-0.3, -0.25) is 0 Å². The maximum absolute atomic E-state index is 10.0. The first kappa shape index (κ1) is 14.5. The quantitative estimate of drug-likeness (QED) is 0.803. The maximum atomic E-state index is 10.0. The number of rotatable bonds is 6. The average Bonchev–Trinajstić information content (AvgIpc) is 2.46. The largest absolute Gasteiger partial charge is 0.390 e. The molecule has 0 spiro atoms. The predicted molar refractivity (Wildman–Crippen MR) is 75.3 cm³/mol. The summed E-state index contributed by atoms with van der Waals surface area (Å²) in [5, 5.41) is 10.0. The van der Waals surface area contributed by atoms with Crippen molar-refractivity contribution in [2.75, 3.05) is 20.3 Å². The number of methoxy groups -OCH3 is 1. The molecule has 0 heterocycles. The van der Waals surface area contributed by atoms with E-state index in [0.29, 0.717) is 19.1 Å². The van der Waals surface area contributed by atoms with Crippen LogP contribution in [0, 0.1) is 0 Å². The Morgan fingerprint density at radius 2 is 1.95 bits per heavy atom. The van der Waals surface area contributed by atoms with Gasteiger partial charge in [0, 0.05) is 20.3 Å². The van der Waals surface area contributed by atoms with Gasteiger partial charge in [-0.1, -0.05) is 30.3 Å². The second-order valence-electron chi connectivity index (χ2n) is 5.24. The lowest BCUT2D eigenvalue weighted by atomic mass is 9.81. The fourth-order valence-electron chi connectivity index (χ4n) is 2.76. The minimum Gasteiger partial charge on any atom is -0.390 e. The number of hydrogen-bond acceptors (Lipinski definition) is 3. The van der Waals surface area contributed by atoms with E-state index in [4.69, 9.17) is 9.47 Å². The van der Waals surface area contributed by atoms with Gasteiger partial charge in [0.1, 0.15) is 0 Å². The molecule has 3 nitrogen and oxygen atoms in total. The van der Waals surface area contributed by atoms with Crippen LogP contribution in [0.5, 0.6) is 0 Å². The van der Waals surface area contributed by atoms with E-state index < -0.39 is 0 Å². The Morgan fingerprint density at radius 1 is 1.16 bits per heavy atom. The van der Waals surface area contributed by atoms with Gasteiger partial charge in [0.15, 0.2) is 0 Å². The summed E-state index contributed by atoms with van der Waals surface area (Å²) >= 11 is 0. The molecule has 3 atom stereocenters. The van der Waals surface area contributed by atoms with E-state index in [0.717, 1.165) is 25.7 Å². The van der Waals surface area contributed by atoms with Crippen molar-refractivity contribution in [3.8, 4) is 0 Å².